The molecule has 0 spiro atoms. The van der Waals surface area contributed by atoms with E-state index < -0.39 is 0 Å². The van der Waals surface area contributed by atoms with Crippen LogP contribution in [0.1, 0.15) is 12.5 Å². The number of nitrogens with zero attached hydrogens (tertiary/aromatic N) is 1. The van der Waals surface area contributed by atoms with Gasteiger partial charge in [-0.1, -0.05) is 24.8 Å². The summed E-state index contributed by atoms with van der Waals surface area (Å²) in [5, 5.41) is 0.537. The summed E-state index contributed by atoms with van der Waals surface area (Å²) in [4.78, 5) is 4.30. The van der Waals surface area contributed by atoms with Crippen LogP contribution in [0.5, 0.6) is 5.75 Å². The van der Waals surface area contributed by atoms with Crippen LogP contribution in [0.25, 0.3) is 0 Å². The fourth-order valence-corrected chi connectivity index (χ4v) is 1.71. The van der Waals surface area contributed by atoms with Crippen molar-refractivity contribution in [3.63, 3.8) is 0 Å². The van der Waals surface area contributed by atoms with Crippen LogP contribution >= 0.6 is 11.8 Å². The van der Waals surface area contributed by atoms with Crippen molar-refractivity contribution < 1.29 is 4.74 Å². The molecular weight excluding hydrogens is 222 g/mol. The van der Waals surface area contributed by atoms with Crippen molar-refractivity contribution in [1.29, 1.82) is 0 Å². The second-order valence-electron chi connectivity index (χ2n) is 3.09. The topological polar surface area (TPSA) is 73.6 Å². The van der Waals surface area contributed by atoms with Gasteiger partial charge < -0.3 is 16.2 Å². The van der Waals surface area contributed by atoms with Crippen molar-refractivity contribution in [3.05, 3.63) is 23.8 Å². The molecule has 4 N–H and O–H groups in total. The lowest BCUT2D eigenvalue weighted by Gasteiger charge is -2.07. The Kier molecular flexibility index (Phi) is 5.14. The number of ether oxygens (including phenoxy) is 1. The van der Waals surface area contributed by atoms with Gasteiger partial charge in [-0.2, -0.15) is 0 Å². The summed E-state index contributed by atoms with van der Waals surface area (Å²) < 4.78 is 5.21. The highest BCUT2D eigenvalue weighted by atomic mass is 32.2. The van der Waals surface area contributed by atoms with E-state index in [9.17, 15) is 0 Å². The maximum atomic E-state index is 5.76. The molecule has 0 bridgehead atoms. The fraction of sp³-hybridized carbons (Fsp3) is 0.364. The molecule has 0 heterocycles. The number of methoxy groups -OCH3 is 1. The third-order valence-corrected chi connectivity index (χ3v) is 2.68. The van der Waals surface area contributed by atoms with Crippen LogP contribution in [0.2, 0.25) is 0 Å². The van der Waals surface area contributed by atoms with Gasteiger partial charge in [0.2, 0.25) is 0 Å². The van der Waals surface area contributed by atoms with Gasteiger partial charge in [0.25, 0.3) is 0 Å². The van der Waals surface area contributed by atoms with Crippen LogP contribution in [-0.4, -0.2) is 18.0 Å². The first-order valence-electron chi connectivity index (χ1n) is 5.05. The Bertz CT molecular complexity index is 379. The second-order valence-corrected chi connectivity index (χ2v) is 4.38. The Hall–Kier alpha value is -1.20. The molecule has 88 valence electrons. The van der Waals surface area contributed by atoms with Gasteiger partial charge in [0, 0.05) is 6.54 Å². The molecule has 5 heteroatoms. The average molecular weight is 239 g/mol. The van der Waals surface area contributed by atoms with Gasteiger partial charge >= 0.3 is 0 Å². The molecule has 16 heavy (non-hydrogen) atoms. The molecule has 0 aromatic heterocycles. The highest BCUT2D eigenvalue weighted by Gasteiger charge is 2.03. The predicted molar refractivity (Wildman–Crippen MR) is 70.3 cm³/mol. The molecule has 0 saturated heterocycles. The Balaban J connectivity index is 3.04. The first kappa shape index (κ1) is 12.9. The largest absolute Gasteiger partial charge is 0.494 e. The molecule has 0 saturated carbocycles. The lowest BCUT2D eigenvalue weighted by molar-refractivity contribution is 0.416. The summed E-state index contributed by atoms with van der Waals surface area (Å²) in [5.41, 5.74) is 13.1. The van der Waals surface area contributed by atoms with Gasteiger partial charge in [0.05, 0.1) is 7.11 Å². The number of amidine groups is 1. The smallest absolute Gasteiger partial charge is 0.159 e. The molecule has 0 aliphatic heterocycles. The maximum Gasteiger partial charge on any atom is 0.159 e. The first-order valence-corrected chi connectivity index (χ1v) is 6.03. The quantitative estimate of drug-likeness (QED) is 0.621. The van der Waals surface area contributed by atoms with Crippen LogP contribution in [0.3, 0.4) is 0 Å². The van der Waals surface area contributed by atoms with Crippen LogP contribution in [0, 0.1) is 0 Å². The average Bonchev–Trinajstić information content (AvgIpc) is 2.29. The standard InChI is InChI=1S/C11H17N3OS/c1-3-16-11(13)14-9-6-8(7-12)4-5-10(9)15-2/h4-6H,3,7,12H2,1-2H3,(H2,13,14). The lowest BCUT2D eigenvalue weighted by Crippen LogP contribution is -2.06. The van der Waals surface area contributed by atoms with Crippen LogP contribution in [0.15, 0.2) is 23.2 Å². The van der Waals surface area contributed by atoms with Crippen molar-refractivity contribution in [2.75, 3.05) is 12.9 Å². The van der Waals surface area contributed by atoms with Gasteiger partial charge in [-0.25, -0.2) is 4.99 Å². The van der Waals surface area contributed by atoms with E-state index in [2.05, 4.69) is 4.99 Å². The van der Waals surface area contributed by atoms with Gasteiger partial charge in [-0.3, -0.25) is 0 Å². The SMILES string of the molecule is CCSC(N)=Nc1cc(CN)ccc1OC. The summed E-state index contributed by atoms with van der Waals surface area (Å²) >= 11 is 1.50. The summed E-state index contributed by atoms with van der Waals surface area (Å²) in [6.07, 6.45) is 0. The minimum atomic E-state index is 0.480. The molecule has 0 fully saturated rings. The van der Waals surface area contributed by atoms with E-state index in [0.29, 0.717) is 17.5 Å². The molecule has 0 aliphatic rings. The molecule has 1 aromatic rings. The Morgan fingerprint density at radius 1 is 1.50 bits per heavy atom. The third-order valence-electron chi connectivity index (χ3n) is 2.00. The van der Waals surface area contributed by atoms with Crippen molar-refractivity contribution in [3.8, 4) is 5.75 Å². The second kappa shape index (κ2) is 6.40. The summed E-state index contributed by atoms with van der Waals surface area (Å²) in [7, 11) is 1.61. The van der Waals surface area contributed by atoms with Crippen molar-refractivity contribution in [1.82, 2.24) is 0 Å². The third kappa shape index (κ3) is 3.43. The molecule has 0 aliphatic carbocycles. The highest BCUT2D eigenvalue weighted by molar-refractivity contribution is 8.13. The van der Waals surface area contributed by atoms with Gasteiger partial charge in [0.1, 0.15) is 11.4 Å². The Morgan fingerprint density at radius 2 is 2.25 bits per heavy atom. The lowest BCUT2D eigenvalue weighted by atomic mass is 10.2. The maximum absolute atomic E-state index is 5.76. The van der Waals surface area contributed by atoms with Gasteiger partial charge in [-0.15, -0.1) is 0 Å². The van der Waals surface area contributed by atoms with Crippen molar-refractivity contribution in [2.24, 2.45) is 16.5 Å². The van der Waals surface area contributed by atoms with Crippen molar-refractivity contribution >= 4 is 22.6 Å². The van der Waals surface area contributed by atoms with Gasteiger partial charge in [-0.05, 0) is 23.4 Å². The minimum absolute atomic E-state index is 0.480. The number of benzene rings is 1. The predicted octanol–water partition coefficient (Wildman–Crippen LogP) is 1.85. The summed E-state index contributed by atoms with van der Waals surface area (Å²) in [6, 6.07) is 5.66. The summed E-state index contributed by atoms with van der Waals surface area (Å²) in [5.74, 6) is 1.60. The van der Waals surface area contributed by atoms with Crippen LogP contribution in [-0.2, 0) is 6.54 Å². The molecule has 1 aromatic carbocycles. The highest BCUT2D eigenvalue weighted by Crippen LogP contribution is 2.28. The zero-order valence-electron chi connectivity index (χ0n) is 9.56. The van der Waals surface area contributed by atoms with E-state index >= 15 is 0 Å². The minimum Gasteiger partial charge on any atom is -0.494 e. The van der Waals surface area contributed by atoms with Gasteiger partial charge in [0.15, 0.2) is 5.17 Å². The molecular formula is C11H17N3OS. The Morgan fingerprint density at radius 3 is 2.81 bits per heavy atom. The molecule has 0 amide bonds. The fourth-order valence-electron chi connectivity index (χ4n) is 1.25. The molecule has 0 unspecified atom stereocenters. The molecule has 0 radical (unpaired) electrons. The zero-order valence-corrected chi connectivity index (χ0v) is 10.4. The monoisotopic (exact) mass is 239 g/mol. The summed E-state index contributed by atoms with van der Waals surface area (Å²) in [6.45, 7) is 2.51. The Labute approximate surface area is 100 Å². The van der Waals surface area contributed by atoms with E-state index in [0.717, 1.165) is 17.0 Å². The van der Waals surface area contributed by atoms with E-state index in [4.69, 9.17) is 16.2 Å². The first-order chi connectivity index (χ1) is 7.71. The number of thioether (sulfide) groups is 1. The zero-order chi connectivity index (χ0) is 12.0. The number of rotatable bonds is 4. The number of hydrogen-bond donors (Lipinski definition) is 2. The number of nitrogens with two attached hydrogens (primary N) is 2. The number of hydrogen-bond acceptors (Lipinski definition) is 4. The van der Waals surface area contributed by atoms with Crippen molar-refractivity contribution in [2.45, 2.75) is 13.5 Å². The molecule has 4 nitrogen and oxygen atoms in total. The molecule has 1 rings (SSSR count). The van der Waals surface area contributed by atoms with Crippen LogP contribution < -0.4 is 16.2 Å². The van der Waals surface area contributed by atoms with E-state index in [-0.39, 0.29) is 0 Å². The van der Waals surface area contributed by atoms with Crippen LogP contribution in [0.4, 0.5) is 5.69 Å². The normalized spacial score (nSPS) is 11.6. The molecule has 0 atom stereocenters. The number of aliphatic imine (C=N–C) groups is 1. The van der Waals surface area contributed by atoms with E-state index in [1.165, 1.54) is 11.8 Å². The van der Waals surface area contributed by atoms with E-state index in [1.807, 2.05) is 25.1 Å². The van der Waals surface area contributed by atoms with E-state index in [1.54, 1.807) is 7.11 Å².